The Kier molecular flexibility index (Phi) is 14.3. The van der Waals surface area contributed by atoms with Gasteiger partial charge in [-0.1, -0.05) is 12.8 Å². The Morgan fingerprint density at radius 2 is 1.05 bits per heavy atom. The topological polar surface area (TPSA) is 56.3 Å². The quantitative estimate of drug-likeness (QED) is 0.375. The van der Waals surface area contributed by atoms with Crippen molar-refractivity contribution in [1.29, 1.82) is 0 Å². The van der Waals surface area contributed by atoms with Gasteiger partial charge in [0.05, 0.1) is 6.10 Å². The minimum Gasteiger partial charge on any atom is -0.393 e. The van der Waals surface area contributed by atoms with Gasteiger partial charge >= 0.3 is 0 Å². The molecule has 0 heterocycles. The Balaban J connectivity index is 3.77. The van der Waals surface area contributed by atoms with Crippen molar-refractivity contribution in [2.45, 2.75) is 95.9 Å². The molecule has 0 saturated carbocycles. The van der Waals surface area contributed by atoms with Gasteiger partial charge in [-0.3, -0.25) is 0 Å². The number of aliphatic hydroxyl groups excluding tert-OH is 1. The maximum absolute atomic E-state index is 9.32. The summed E-state index contributed by atoms with van der Waals surface area (Å²) in [6, 6.07) is 1.87. The fourth-order valence-corrected chi connectivity index (χ4v) is 2.95. The third-order valence-corrected chi connectivity index (χ3v) is 4.78. The summed E-state index contributed by atoms with van der Waals surface area (Å²) in [5.74, 6) is 0. The molecule has 0 rings (SSSR count). The molecule has 4 heteroatoms. The van der Waals surface area contributed by atoms with Crippen LogP contribution in [0.5, 0.6) is 0 Å². The summed E-state index contributed by atoms with van der Waals surface area (Å²) in [7, 11) is 6.18. The van der Waals surface area contributed by atoms with Crippen molar-refractivity contribution < 1.29 is 5.11 Å². The normalized spacial score (nSPS) is 17.2. The molecule has 0 aliphatic carbocycles. The third-order valence-electron chi connectivity index (χ3n) is 4.78. The van der Waals surface area contributed by atoms with E-state index < -0.39 is 0 Å². The van der Waals surface area contributed by atoms with Gasteiger partial charge in [0, 0.05) is 18.1 Å². The second-order valence-electron chi connectivity index (χ2n) is 6.80. The fourth-order valence-electron chi connectivity index (χ4n) is 2.95. The zero-order chi connectivity index (χ0) is 16.8. The summed E-state index contributed by atoms with van der Waals surface area (Å²) in [4.78, 5) is 0. The van der Waals surface area contributed by atoms with E-state index in [9.17, 15) is 5.11 Å². The van der Waals surface area contributed by atoms with E-state index in [-0.39, 0.29) is 6.10 Å². The van der Waals surface area contributed by atoms with E-state index in [0.717, 1.165) is 12.8 Å². The molecule has 0 spiro atoms. The average Bonchev–Trinajstić information content (AvgIpc) is 2.51. The Hall–Kier alpha value is -0.160. The van der Waals surface area contributed by atoms with Gasteiger partial charge < -0.3 is 21.1 Å². The summed E-state index contributed by atoms with van der Waals surface area (Å²) >= 11 is 0. The average molecular weight is 316 g/mol. The highest BCUT2D eigenvalue weighted by molar-refractivity contribution is 4.71. The molecule has 0 bridgehead atoms. The fraction of sp³-hybridized carbons (Fsp3) is 1.00. The van der Waals surface area contributed by atoms with Gasteiger partial charge in [0.2, 0.25) is 0 Å². The molecule has 0 aromatic rings. The summed E-state index contributed by atoms with van der Waals surface area (Å²) < 4.78 is 0. The third kappa shape index (κ3) is 12.4. The highest BCUT2D eigenvalue weighted by Crippen LogP contribution is 2.14. The molecular weight excluding hydrogens is 274 g/mol. The second-order valence-corrected chi connectivity index (χ2v) is 6.80. The van der Waals surface area contributed by atoms with E-state index in [1.807, 2.05) is 14.0 Å². The highest BCUT2D eigenvalue weighted by atomic mass is 16.3. The smallest absolute Gasteiger partial charge is 0.0512 e. The minimum absolute atomic E-state index is 0.161. The molecule has 0 radical (unpaired) electrons. The van der Waals surface area contributed by atoms with Crippen LogP contribution in [0, 0.1) is 0 Å². The van der Waals surface area contributed by atoms with Crippen LogP contribution >= 0.6 is 0 Å². The first kappa shape index (κ1) is 21.8. The van der Waals surface area contributed by atoms with Gasteiger partial charge in [0.15, 0.2) is 0 Å². The first-order chi connectivity index (χ1) is 10.5. The van der Waals surface area contributed by atoms with E-state index in [4.69, 9.17) is 0 Å². The lowest BCUT2D eigenvalue weighted by Gasteiger charge is -2.20. The molecule has 4 nitrogen and oxygen atoms in total. The van der Waals surface area contributed by atoms with Gasteiger partial charge in [-0.2, -0.15) is 0 Å². The first-order valence-electron chi connectivity index (χ1n) is 9.23. The summed E-state index contributed by atoms with van der Waals surface area (Å²) in [5.41, 5.74) is 0. The predicted molar refractivity (Wildman–Crippen MR) is 97.5 cm³/mol. The molecule has 4 unspecified atom stereocenters. The van der Waals surface area contributed by atoms with Crippen molar-refractivity contribution in [3.05, 3.63) is 0 Å². The monoisotopic (exact) mass is 315 g/mol. The van der Waals surface area contributed by atoms with Crippen molar-refractivity contribution in [1.82, 2.24) is 16.0 Å². The van der Waals surface area contributed by atoms with Crippen LogP contribution in [0.15, 0.2) is 0 Å². The highest BCUT2D eigenvalue weighted by Gasteiger charge is 2.10. The zero-order valence-electron chi connectivity index (χ0n) is 15.6. The van der Waals surface area contributed by atoms with Gasteiger partial charge in [-0.25, -0.2) is 0 Å². The van der Waals surface area contributed by atoms with E-state index >= 15 is 0 Å². The molecule has 0 aromatic heterocycles. The van der Waals surface area contributed by atoms with Gasteiger partial charge in [0.1, 0.15) is 0 Å². The minimum atomic E-state index is -0.161. The molecular formula is C18H41N3O. The van der Waals surface area contributed by atoms with Crippen molar-refractivity contribution >= 4 is 0 Å². The van der Waals surface area contributed by atoms with Gasteiger partial charge in [0.25, 0.3) is 0 Å². The largest absolute Gasteiger partial charge is 0.393 e. The van der Waals surface area contributed by atoms with E-state index in [1.165, 1.54) is 44.9 Å². The van der Waals surface area contributed by atoms with Gasteiger partial charge in [-0.15, -0.1) is 0 Å². The zero-order valence-corrected chi connectivity index (χ0v) is 15.6. The summed E-state index contributed by atoms with van der Waals surface area (Å²) in [5, 5.41) is 19.5. The maximum atomic E-state index is 9.32. The number of aliphatic hydroxyl groups is 1. The number of hydrogen-bond acceptors (Lipinski definition) is 4. The molecule has 0 aliphatic rings. The lowest BCUT2D eigenvalue weighted by atomic mass is 9.98. The molecule has 22 heavy (non-hydrogen) atoms. The van der Waals surface area contributed by atoms with Crippen molar-refractivity contribution in [3.63, 3.8) is 0 Å². The number of nitrogens with one attached hydrogen (secondary N) is 3. The molecule has 4 atom stereocenters. The molecule has 134 valence electrons. The SMILES string of the molecule is CNC(C)CCCC(CCCC(CCCC(C)O)NC)NC. The lowest BCUT2D eigenvalue weighted by molar-refractivity contribution is 0.178. The van der Waals surface area contributed by atoms with Crippen molar-refractivity contribution in [3.8, 4) is 0 Å². The summed E-state index contributed by atoms with van der Waals surface area (Å²) in [6.07, 6.45) is 10.6. The predicted octanol–water partition coefficient (Wildman–Crippen LogP) is 2.66. The van der Waals surface area contributed by atoms with Crippen molar-refractivity contribution in [2.24, 2.45) is 0 Å². The molecule has 0 saturated heterocycles. The van der Waals surface area contributed by atoms with E-state index in [0.29, 0.717) is 18.1 Å². The van der Waals surface area contributed by atoms with Crippen LogP contribution < -0.4 is 16.0 Å². The molecule has 0 aliphatic heterocycles. The number of rotatable bonds is 15. The first-order valence-corrected chi connectivity index (χ1v) is 9.23. The van der Waals surface area contributed by atoms with Crippen LogP contribution in [0.25, 0.3) is 0 Å². The Morgan fingerprint density at radius 3 is 1.41 bits per heavy atom. The second kappa shape index (κ2) is 14.4. The van der Waals surface area contributed by atoms with Crippen LogP contribution in [0.2, 0.25) is 0 Å². The lowest BCUT2D eigenvalue weighted by Crippen LogP contribution is -2.29. The van der Waals surface area contributed by atoms with Crippen LogP contribution in [-0.2, 0) is 0 Å². The molecule has 0 fully saturated rings. The van der Waals surface area contributed by atoms with Gasteiger partial charge in [-0.05, 0) is 79.9 Å². The van der Waals surface area contributed by atoms with Crippen LogP contribution in [-0.4, -0.2) is 50.5 Å². The molecule has 4 N–H and O–H groups in total. The Labute approximate surface area is 138 Å². The van der Waals surface area contributed by atoms with E-state index in [1.54, 1.807) is 0 Å². The Bertz CT molecular complexity index is 236. The maximum Gasteiger partial charge on any atom is 0.0512 e. The molecule has 0 amide bonds. The van der Waals surface area contributed by atoms with Crippen LogP contribution in [0.1, 0.15) is 71.6 Å². The van der Waals surface area contributed by atoms with Crippen LogP contribution in [0.3, 0.4) is 0 Å². The standard InChI is InChI=1S/C18H41N3O/c1-15(19-3)9-6-11-17(20-4)13-8-14-18(21-5)12-7-10-16(2)22/h15-22H,6-14H2,1-5H3. The summed E-state index contributed by atoms with van der Waals surface area (Å²) in [6.45, 7) is 4.12. The van der Waals surface area contributed by atoms with Crippen LogP contribution in [0.4, 0.5) is 0 Å². The molecule has 0 aromatic carbocycles. The Morgan fingerprint density at radius 1 is 0.636 bits per heavy atom. The van der Waals surface area contributed by atoms with Crippen molar-refractivity contribution in [2.75, 3.05) is 21.1 Å². The number of hydrogen-bond donors (Lipinski definition) is 4. The van der Waals surface area contributed by atoms with E-state index in [2.05, 4.69) is 37.0 Å².